The van der Waals surface area contributed by atoms with Gasteiger partial charge in [-0.25, -0.2) is 9.18 Å². The Morgan fingerprint density at radius 2 is 2.00 bits per heavy atom. The zero-order chi connectivity index (χ0) is 20.2. The van der Waals surface area contributed by atoms with Crippen LogP contribution in [0.3, 0.4) is 0 Å². The van der Waals surface area contributed by atoms with E-state index >= 15 is 0 Å². The summed E-state index contributed by atoms with van der Waals surface area (Å²) in [4.78, 5) is 11.1. The maximum atomic E-state index is 13.4. The van der Waals surface area contributed by atoms with Crippen molar-refractivity contribution in [3.8, 4) is 0 Å². The fourth-order valence-electron chi connectivity index (χ4n) is 3.19. The summed E-state index contributed by atoms with van der Waals surface area (Å²) in [5.41, 5.74) is 0.621. The summed E-state index contributed by atoms with van der Waals surface area (Å²) in [6.45, 7) is 0. The summed E-state index contributed by atoms with van der Waals surface area (Å²) >= 11 is 6.04. The highest BCUT2D eigenvalue weighted by Gasteiger charge is 2.50. The first-order valence-corrected chi connectivity index (χ1v) is 8.44. The molecule has 2 unspecified atom stereocenters. The van der Waals surface area contributed by atoms with Gasteiger partial charge in [0.05, 0.1) is 5.52 Å². The number of carbonyl (C=O) groups is 1. The van der Waals surface area contributed by atoms with Crippen molar-refractivity contribution in [3.63, 3.8) is 0 Å². The molecule has 1 aliphatic heterocycles. The number of hydrogen-bond acceptors (Lipinski definition) is 3. The molecule has 0 spiro atoms. The van der Waals surface area contributed by atoms with Gasteiger partial charge in [0.2, 0.25) is 0 Å². The Morgan fingerprint density at radius 1 is 1.25 bits per heavy atom. The van der Waals surface area contributed by atoms with E-state index in [-0.39, 0.29) is 32.7 Å². The van der Waals surface area contributed by atoms with Crippen molar-refractivity contribution in [1.29, 1.82) is 0 Å². The molecule has 3 aromatic rings. The molecule has 1 aromatic heterocycles. The van der Waals surface area contributed by atoms with E-state index in [1.807, 2.05) is 0 Å². The number of aliphatic carboxylic acids is 1. The van der Waals surface area contributed by atoms with Crippen LogP contribution in [0.4, 0.5) is 17.6 Å². The Labute approximate surface area is 160 Å². The number of carboxylic acids is 1. The fraction of sp³-hybridized carbons (Fsp3) is 0.222. The molecule has 0 radical (unpaired) electrons. The van der Waals surface area contributed by atoms with E-state index in [9.17, 15) is 22.4 Å². The highest BCUT2D eigenvalue weighted by atomic mass is 35.5. The van der Waals surface area contributed by atoms with E-state index in [0.29, 0.717) is 11.1 Å². The molecule has 1 saturated heterocycles. The molecule has 0 amide bonds. The minimum atomic E-state index is -4.80. The molecular weight excluding hydrogens is 404 g/mol. The van der Waals surface area contributed by atoms with E-state index in [1.54, 1.807) is 6.07 Å². The Bertz CT molecular complexity index is 1100. The lowest BCUT2D eigenvalue weighted by Gasteiger charge is -2.09. The number of aromatic nitrogens is 2. The third-order valence-corrected chi connectivity index (χ3v) is 4.81. The summed E-state index contributed by atoms with van der Waals surface area (Å²) in [5.74, 6) is -1.81. The molecule has 2 heterocycles. The predicted octanol–water partition coefficient (Wildman–Crippen LogP) is 4.42. The summed E-state index contributed by atoms with van der Waals surface area (Å²) in [5, 5.41) is 12.9. The minimum absolute atomic E-state index is 0.103. The van der Waals surface area contributed by atoms with E-state index in [1.165, 1.54) is 24.3 Å². The molecule has 4 rings (SSSR count). The largest absolute Gasteiger partial charge is 0.505 e. The van der Waals surface area contributed by atoms with Crippen molar-refractivity contribution in [2.75, 3.05) is 0 Å². The van der Waals surface area contributed by atoms with Crippen molar-refractivity contribution in [2.24, 2.45) is 0 Å². The molecule has 1 fully saturated rings. The Morgan fingerprint density at radius 3 is 2.61 bits per heavy atom. The highest BCUT2D eigenvalue weighted by Crippen LogP contribution is 2.44. The normalized spacial score (nSPS) is 19.2. The van der Waals surface area contributed by atoms with Gasteiger partial charge in [0.1, 0.15) is 17.6 Å². The van der Waals surface area contributed by atoms with Gasteiger partial charge < -0.3 is 9.84 Å². The van der Waals surface area contributed by atoms with Crippen LogP contribution in [0.2, 0.25) is 5.02 Å². The number of benzene rings is 2. The van der Waals surface area contributed by atoms with Crippen LogP contribution < -0.4 is 0 Å². The van der Waals surface area contributed by atoms with Crippen LogP contribution in [0.25, 0.3) is 10.9 Å². The van der Waals surface area contributed by atoms with Gasteiger partial charge in [-0.15, -0.1) is 13.2 Å². The van der Waals surface area contributed by atoms with Crippen molar-refractivity contribution < 1.29 is 32.2 Å². The Balaban J connectivity index is 1.87. The van der Waals surface area contributed by atoms with E-state index in [0.717, 1.165) is 6.07 Å². The van der Waals surface area contributed by atoms with Gasteiger partial charge in [-0.05, 0) is 35.7 Å². The van der Waals surface area contributed by atoms with E-state index in [4.69, 9.17) is 21.4 Å². The maximum absolute atomic E-state index is 13.4. The quantitative estimate of drug-likeness (QED) is 0.507. The molecule has 0 aliphatic carbocycles. The molecule has 146 valence electrons. The molecule has 28 heavy (non-hydrogen) atoms. The van der Waals surface area contributed by atoms with Crippen molar-refractivity contribution in [3.05, 3.63) is 64.1 Å². The molecule has 0 saturated carbocycles. The average molecular weight is 415 g/mol. The maximum Gasteiger partial charge on any atom is 0.505 e. The number of ether oxygens (including phenoxy) is 1. The van der Waals surface area contributed by atoms with E-state index in [2.05, 4.69) is 5.10 Å². The van der Waals surface area contributed by atoms with Crippen LogP contribution in [-0.2, 0) is 22.3 Å². The average Bonchev–Trinajstić information content (AvgIpc) is 3.30. The van der Waals surface area contributed by atoms with Gasteiger partial charge in [-0.1, -0.05) is 29.8 Å². The first-order valence-electron chi connectivity index (χ1n) is 8.06. The third-order valence-electron chi connectivity index (χ3n) is 4.46. The summed E-state index contributed by atoms with van der Waals surface area (Å²) < 4.78 is 58.5. The fourth-order valence-corrected chi connectivity index (χ4v) is 3.42. The number of halogens is 5. The van der Waals surface area contributed by atoms with Gasteiger partial charge in [0.15, 0.2) is 6.10 Å². The monoisotopic (exact) mass is 414 g/mol. The summed E-state index contributed by atoms with van der Waals surface area (Å²) in [6.07, 6.45) is -7.01. The SMILES string of the molecule is O=C(O)C1OC1c1nn(C(F)(F)F)c2cccc(Cc3ccc(F)cc3Cl)c12. The minimum Gasteiger partial charge on any atom is -0.479 e. The standard InChI is InChI=1S/C18H11ClF4N2O3/c19-11-7-10(20)5-4-8(11)6-9-2-1-3-12-13(9)14(15-16(28-15)17(26)27)24-25(12)18(21,22)23/h1-5,7,15-16H,6H2,(H,26,27). The first kappa shape index (κ1) is 18.7. The van der Waals surface area contributed by atoms with Gasteiger partial charge in [0, 0.05) is 10.4 Å². The molecule has 1 N–H and O–H groups in total. The molecule has 2 aromatic carbocycles. The Hall–Kier alpha value is -2.65. The number of fused-ring (bicyclic) bond motifs is 1. The zero-order valence-electron chi connectivity index (χ0n) is 13.9. The van der Waals surface area contributed by atoms with Crippen LogP contribution in [0, 0.1) is 5.82 Å². The van der Waals surface area contributed by atoms with Crippen molar-refractivity contribution >= 4 is 28.5 Å². The van der Waals surface area contributed by atoms with Crippen molar-refractivity contribution in [2.45, 2.75) is 24.9 Å². The van der Waals surface area contributed by atoms with Crippen LogP contribution >= 0.6 is 11.6 Å². The number of hydrogen-bond donors (Lipinski definition) is 1. The number of carboxylic acid groups (broad SMARTS) is 1. The van der Waals surface area contributed by atoms with Gasteiger partial charge in [-0.3, -0.25) is 0 Å². The lowest BCUT2D eigenvalue weighted by molar-refractivity contribution is -0.209. The number of nitrogens with zero attached hydrogens (tertiary/aromatic N) is 2. The third kappa shape index (κ3) is 3.20. The molecule has 1 aliphatic rings. The lowest BCUT2D eigenvalue weighted by atomic mass is 9.98. The van der Waals surface area contributed by atoms with E-state index < -0.39 is 30.3 Å². The molecule has 5 nitrogen and oxygen atoms in total. The summed E-state index contributed by atoms with van der Waals surface area (Å²) in [6, 6.07) is 8.02. The molecular formula is C18H11ClF4N2O3. The molecule has 0 bridgehead atoms. The van der Waals surface area contributed by atoms with Gasteiger partial charge >= 0.3 is 12.3 Å². The van der Waals surface area contributed by atoms with Crippen molar-refractivity contribution in [1.82, 2.24) is 9.78 Å². The number of epoxide rings is 1. The summed E-state index contributed by atoms with van der Waals surface area (Å²) in [7, 11) is 0. The highest BCUT2D eigenvalue weighted by molar-refractivity contribution is 6.31. The smallest absolute Gasteiger partial charge is 0.479 e. The van der Waals surface area contributed by atoms with Gasteiger partial charge in [0.25, 0.3) is 0 Å². The first-order chi connectivity index (χ1) is 13.2. The number of rotatable bonds is 4. The van der Waals surface area contributed by atoms with Crippen LogP contribution in [-0.4, -0.2) is 27.0 Å². The topological polar surface area (TPSA) is 67.7 Å². The number of alkyl halides is 3. The second-order valence-electron chi connectivity index (χ2n) is 6.30. The second kappa shape index (κ2) is 6.46. The van der Waals surface area contributed by atoms with Crippen LogP contribution in [0.5, 0.6) is 0 Å². The lowest BCUT2D eigenvalue weighted by Crippen LogP contribution is -2.18. The predicted molar refractivity (Wildman–Crippen MR) is 90.5 cm³/mol. The second-order valence-corrected chi connectivity index (χ2v) is 6.71. The van der Waals surface area contributed by atoms with Crippen LogP contribution in [0.1, 0.15) is 22.9 Å². The zero-order valence-corrected chi connectivity index (χ0v) is 14.6. The molecule has 10 heteroatoms. The molecule has 2 atom stereocenters. The van der Waals surface area contributed by atoms with Crippen LogP contribution in [0.15, 0.2) is 36.4 Å². The Kier molecular flexibility index (Phi) is 4.31. The van der Waals surface area contributed by atoms with Gasteiger partial charge in [-0.2, -0.15) is 9.78 Å².